The van der Waals surface area contributed by atoms with Crippen molar-refractivity contribution in [3.8, 4) is 5.75 Å². The quantitative estimate of drug-likeness (QED) is 0.775. The van der Waals surface area contributed by atoms with Gasteiger partial charge in [0.05, 0.1) is 13.7 Å². The zero-order chi connectivity index (χ0) is 13.1. The predicted octanol–water partition coefficient (Wildman–Crippen LogP) is 1.93. The van der Waals surface area contributed by atoms with Gasteiger partial charge in [0, 0.05) is 0 Å². The molecule has 0 amide bonds. The average Bonchev–Trinajstić information content (AvgIpc) is 2.29. The molecule has 0 fully saturated rings. The highest BCUT2D eigenvalue weighted by molar-refractivity contribution is 8.05. The smallest absolute Gasteiger partial charge is 0.429 e. The molecule has 0 heterocycles. The van der Waals surface area contributed by atoms with Crippen LogP contribution in [0.1, 0.15) is 12.5 Å². The third kappa shape index (κ3) is 2.76. The van der Waals surface area contributed by atoms with Gasteiger partial charge in [0.15, 0.2) is 0 Å². The second kappa shape index (κ2) is 5.18. The van der Waals surface area contributed by atoms with Crippen LogP contribution in [-0.4, -0.2) is 27.4 Å². The molecule has 5 nitrogen and oxygen atoms in total. The molecule has 0 aliphatic heterocycles. The summed E-state index contributed by atoms with van der Waals surface area (Å²) < 4.78 is 33.2. The molecule has 0 spiro atoms. The predicted molar refractivity (Wildman–Crippen MR) is 61.9 cm³/mol. The van der Waals surface area contributed by atoms with Gasteiger partial charge in [0.2, 0.25) is 0 Å². The third-order valence-electron chi connectivity index (χ3n) is 2.09. The van der Waals surface area contributed by atoms with Crippen molar-refractivity contribution in [2.75, 3.05) is 13.7 Å². The van der Waals surface area contributed by atoms with Crippen molar-refractivity contribution in [2.45, 2.75) is 18.7 Å². The fourth-order valence-electron chi connectivity index (χ4n) is 1.28. The van der Waals surface area contributed by atoms with E-state index in [1.807, 2.05) is 0 Å². The molecule has 0 aliphatic carbocycles. The van der Waals surface area contributed by atoms with Gasteiger partial charge in [0.25, 0.3) is 9.84 Å². The van der Waals surface area contributed by atoms with Crippen LogP contribution in [-0.2, 0) is 14.6 Å². The molecule has 6 heteroatoms. The molecule has 1 aromatic carbocycles. The van der Waals surface area contributed by atoms with E-state index in [0.717, 1.165) is 0 Å². The second-order valence-corrected chi connectivity index (χ2v) is 5.12. The second-order valence-electron chi connectivity index (χ2n) is 3.34. The van der Waals surface area contributed by atoms with E-state index in [1.165, 1.54) is 19.2 Å². The Balaban J connectivity index is 3.32. The number of carbonyl (C=O) groups excluding carboxylic acids is 1. The summed E-state index contributed by atoms with van der Waals surface area (Å²) in [6.45, 7) is 3.27. The molecule has 0 radical (unpaired) electrons. The highest BCUT2D eigenvalue weighted by Crippen LogP contribution is 2.26. The van der Waals surface area contributed by atoms with Gasteiger partial charge in [-0.1, -0.05) is 6.07 Å². The van der Waals surface area contributed by atoms with Crippen molar-refractivity contribution in [1.82, 2.24) is 0 Å². The Hall–Kier alpha value is -1.56. The lowest BCUT2D eigenvalue weighted by atomic mass is 10.2. The van der Waals surface area contributed by atoms with E-state index >= 15 is 0 Å². The van der Waals surface area contributed by atoms with Crippen molar-refractivity contribution in [1.29, 1.82) is 0 Å². The van der Waals surface area contributed by atoms with E-state index in [-0.39, 0.29) is 17.3 Å². The van der Waals surface area contributed by atoms with Gasteiger partial charge < -0.3 is 9.47 Å². The molecular formula is C11H14O5S. The molecule has 0 unspecified atom stereocenters. The number of carbonyl (C=O) groups is 1. The van der Waals surface area contributed by atoms with Crippen molar-refractivity contribution in [2.24, 2.45) is 0 Å². The van der Waals surface area contributed by atoms with Gasteiger partial charge in [0.1, 0.15) is 10.6 Å². The van der Waals surface area contributed by atoms with Crippen molar-refractivity contribution in [3.63, 3.8) is 0 Å². The maximum atomic E-state index is 11.9. The van der Waals surface area contributed by atoms with Crippen LogP contribution in [0.2, 0.25) is 0 Å². The molecule has 0 saturated carbocycles. The first kappa shape index (κ1) is 13.5. The molecule has 0 aromatic heterocycles. The van der Waals surface area contributed by atoms with Crippen molar-refractivity contribution < 1.29 is 22.7 Å². The Kier molecular flexibility index (Phi) is 4.11. The minimum Gasteiger partial charge on any atom is -0.495 e. The molecule has 0 N–H and O–H groups in total. The van der Waals surface area contributed by atoms with Crippen LogP contribution in [0.5, 0.6) is 5.75 Å². The molecule has 0 aliphatic rings. The van der Waals surface area contributed by atoms with Gasteiger partial charge in [-0.15, -0.1) is 0 Å². The summed E-state index contributed by atoms with van der Waals surface area (Å²) in [5, 5.41) is -1.26. The third-order valence-corrected chi connectivity index (χ3v) is 3.54. The number of hydrogen-bond donors (Lipinski definition) is 0. The summed E-state index contributed by atoms with van der Waals surface area (Å²) in [6.07, 6.45) is 0. The lowest BCUT2D eigenvalue weighted by molar-refractivity contribution is 0.178. The minimum absolute atomic E-state index is 0.00615. The molecule has 0 saturated heterocycles. The summed E-state index contributed by atoms with van der Waals surface area (Å²) in [7, 11) is -2.81. The topological polar surface area (TPSA) is 69.7 Å². The van der Waals surface area contributed by atoms with E-state index in [4.69, 9.17) is 4.74 Å². The van der Waals surface area contributed by atoms with Crippen LogP contribution in [0.3, 0.4) is 0 Å². The lowest BCUT2D eigenvalue weighted by Gasteiger charge is -2.09. The van der Waals surface area contributed by atoms with Gasteiger partial charge >= 0.3 is 5.30 Å². The fourth-order valence-corrected chi connectivity index (χ4v) is 2.49. The average molecular weight is 258 g/mol. The molecule has 1 rings (SSSR count). The summed E-state index contributed by atoms with van der Waals surface area (Å²) in [5.41, 5.74) is 0.716. The number of ether oxygens (including phenoxy) is 2. The number of sulfone groups is 1. The standard InChI is InChI=1S/C11H14O5S/c1-4-16-11(12)17(13,14)10-7-8(2)5-6-9(10)15-3/h5-7H,4H2,1-3H3. The number of benzene rings is 1. The Bertz CT molecular complexity index is 519. The Morgan fingerprint density at radius 1 is 1.35 bits per heavy atom. The van der Waals surface area contributed by atoms with Crippen LogP contribution >= 0.6 is 0 Å². The lowest BCUT2D eigenvalue weighted by Crippen LogP contribution is -2.17. The summed E-state index contributed by atoms with van der Waals surface area (Å²) in [5.74, 6) is 0.128. The van der Waals surface area contributed by atoms with E-state index in [1.54, 1.807) is 19.9 Å². The monoisotopic (exact) mass is 258 g/mol. The van der Waals surface area contributed by atoms with Crippen molar-refractivity contribution in [3.05, 3.63) is 23.8 Å². The van der Waals surface area contributed by atoms with Crippen LogP contribution in [0.4, 0.5) is 4.79 Å². The SMILES string of the molecule is CCOC(=O)S(=O)(=O)c1cc(C)ccc1OC. The minimum atomic E-state index is -4.15. The largest absolute Gasteiger partial charge is 0.495 e. The normalized spacial score (nSPS) is 11.0. The molecule has 17 heavy (non-hydrogen) atoms. The number of methoxy groups -OCH3 is 1. The van der Waals surface area contributed by atoms with E-state index in [2.05, 4.69) is 4.74 Å². The number of hydrogen-bond acceptors (Lipinski definition) is 5. The van der Waals surface area contributed by atoms with Crippen molar-refractivity contribution >= 4 is 15.1 Å². The molecule has 1 aromatic rings. The fraction of sp³-hybridized carbons (Fsp3) is 0.364. The van der Waals surface area contributed by atoms with E-state index in [0.29, 0.717) is 5.56 Å². The van der Waals surface area contributed by atoms with Crippen LogP contribution in [0.15, 0.2) is 23.1 Å². The van der Waals surface area contributed by atoms with E-state index < -0.39 is 15.1 Å². The van der Waals surface area contributed by atoms with Crippen LogP contribution < -0.4 is 4.74 Å². The summed E-state index contributed by atoms with van der Waals surface area (Å²) in [4.78, 5) is 11.2. The zero-order valence-corrected chi connectivity index (χ0v) is 10.7. The van der Waals surface area contributed by atoms with Gasteiger partial charge in [-0.3, -0.25) is 0 Å². The zero-order valence-electron chi connectivity index (χ0n) is 9.89. The molecular weight excluding hydrogens is 244 g/mol. The molecule has 94 valence electrons. The number of aryl methyl sites for hydroxylation is 1. The Morgan fingerprint density at radius 2 is 2.00 bits per heavy atom. The maximum Gasteiger partial charge on any atom is 0.429 e. The number of rotatable bonds is 3. The van der Waals surface area contributed by atoms with Gasteiger partial charge in [-0.05, 0) is 31.5 Å². The molecule has 0 atom stereocenters. The van der Waals surface area contributed by atoms with Crippen LogP contribution in [0.25, 0.3) is 0 Å². The Labute approximate surface area is 100 Å². The first-order chi connectivity index (χ1) is 7.93. The van der Waals surface area contributed by atoms with Crippen LogP contribution in [0, 0.1) is 6.92 Å². The first-order valence-electron chi connectivity index (χ1n) is 5.00. The molecule has 0 bridgehead atoms. The Morgan fingerprint density at radius 3 is 2.53 bits per heavy atom. The van der Waals surface area contributed by atoms with E-state index in [9.17, 15) is 13.2 Å². The highest BCUT2D eigenvalue weighted by atomic mass is 32.2. The first-order valence-corrected chi connectivity index (χ1v) is 6.48. The van der Waals surface area contributed by atoms with Gasteiger partial charge in [-0.25, -0.2) is 13.2 Å². The maximum absolute atomic E-state index is 11.9. The van der Waals surface area contributed by atoms with Gasteiger partial charge in [-0.2, -0.15) is 0 Å². The highest BCUT2D eigenvalue weighted by Gasteiger charge is 2.29. The summed E-state index contributed by atoms with van der Waals surface area (Å²) >= 11 is 0. The summed E-state index contributed by atoms with van der Waals surface area (Å²) in [6, 6.07) is 4.58.